The summed E-state index contributed by atoms with van der Waals surface area (Å²) in [6.45, 7) is 3.91. The molecule has 0 radical (unpaired) electrons. The highest BCUT2D eigenvalue weighted by atomic mass is 31.2. The Labute approximate surface area is 337 Å². The molecule has 6 N–H and O–H groups in total. The number of esters is 1. The van der Waals surface area contributed by atoms with Gasteiger partial charge < -0.3 is 39.9 Å². The number of rotatable bonds is 34. The Balaban J connectivity index is 2.50. The molecule has 0 aromatic carbocycles. The highest BCUT2D eigenvalue weighted by Crippen LogP contribution is 2.47. The van der Waals surface area contributed by atoms with Gasteiger partial charge in [-0.3, -0.25) is 13.8 Å². The van der Waals surface area contributed by atoms with Gasteiger partial charge in [-0.2, -0.15) is 0 Å². The summed E-state index contributed by atoms with van der Waals surface area (Å²) in [6.07, 6.45) is 28.9. The van der Waals surface area contributed by atoms with Crippen molar-refractivity contribution in [2.24, 2.45) is 0 Å². The molecule has 0 aromatic heterocycles. The van der Waals surface area contributed by atoms with Gasteiger partial charge in [-0.15, -0.1) is 0 Å². The standard InChI is InChI=1S/C43H75O12P/c1-3-5-7-9-11-13-15-17-18-19-21-23-25-27-29-31-33-52-34-36(35-53-56(50,51)55-43-41(48)39(46)38(45)40(47)42(43)49)54-37(44)32-30-28-26-24-22-20-16-14-12-10-8-6-4-2/h5,7,11,13,17-18,21,23,27,29,36,38-43,45-49H,3-4,6,8-10,12,14-16,19-20,22,24-26,28,30-35H2,1-2H3,(H,50,51)/b7-5-,13-11-,18-17-,23-21-,29-27-. The molecule has 6 atom stereocenters. The first-order valence-corrected chi connectivity index (χ1v) is 22.6. The van der Waals surface area contributed by atoms with E-state index in [0.29, 0.717) is 19.4 Å². The molecule has 1 saturated carbocycles. The molecule has 0 aliphatic heterocycles. The first-order valence-electron chi connectivity index (χ1n) is 21.1. The highest BCUT2D eigenvalue weighted by Gasteiger charge is 2.51. The zero-order valence-electron chi connectivity index (χ0n) is 34.2. The van der Waals surface area contributed by atoms with Gasteiger partial charge in [-0.05, 0) is 44.9 Å². The van der Waals surface area contributed by atoms with Gasteiger partial charge in [0.25, 0.3) is 0 Å². The van der Waals surface area contributed by atoms with Gasteiger partial charge >= 0.3 is 13.8 Å². The largest absolute Gasteiger partial charge is 0.472 e. The minimum Gasteiger partial charge on any atom is -0.457 e. The van der Waals surface area contributed by atoms with Crippen LogP contribution in [0.5, 0.6) is 0 Å². The Bertz CT molecular complexity index is 1160. The van der Waals surface area contributed by atoms with Crippen molar-refractivity contribution in [3.05, 3.63) is 60.8 Å². The first-order chi connectivity index (χ1) is 27.0. The molecule has 0 amide bonds. The lowest BCUT2D eigenvalue weighted by Crippen LogP contribution is -2.64. The van der Waals surface area contributed by atoms with Gasteiger partial charge in [0.15, 0.2) is 0 Å². The lowest BCUT2D eigenvalue weighted by molar-refractivity contribution is -0.220. The van der Waals surface area contributed by atoms with Crippen LogP contribution in [-0.4, -0.2) is 98.9 Å². The van der Waals surface area contributed by atoms with E-state index >= 15 is 0 Å². The van der Waals surface area contributed by atoms with Crippen molar-refractivity contribution in [1.29, 1.82) is 0 Å². The monoisotopic (exact) mass is 814 g/mol. The molecule has 56 heavy (non-hydrogen) atoms. The highest BCUT2D eigenvalue weighted by molar-refractivity contribution is 7.47. The van der Waals surface area contributed by atoms with E-state index in [1.807, 2.05) is 12.2 Å². The molecule has 1 rings (SSSR count). The lowest BCUT2D eigenvalue weighted by atomic mass is 9.85. The second kappa shape index (κ2) is 34.0. The molecule has 1 aliphatic rings. The third-order valence-corrected chi connectivity index (χ3v) is 10.4. The fourth-order valence-electron chi connectivity index (χ4n) is 6.07. The van der Waals surface area contributed by atoms with E-state index in [1.54, 1.807) is 0 Å². The minimum atomic E-state index is -5.03. The van der Waals surface area contributed by atoms with E-state index < -0.39 is 63.1 Å². The molecule has 12 nitrogen and oxygen atoms in total. The van der Waals surface area contributed by atoms with E-state index in [4.69, 9.17) is 18.5 Å². The van der Waals surface area contributed by atoms with E-state index in [1.165, 1.54) is 57.8 Å². The number of phosphoric ester groups is 1. The SMILES string of the molecule is CC/C=C\C/C=C\C/C=C\C/C=C\C/C=C\CCOCC(COP(=O)(O)OC1C(O)C(O)C(O)C(O)C1O)OC(=O)CCCCCCCCCCCCCCC. The number of carbonyl (C=O) groups excluding carboxylic acids is 1. The molecule has 0 bridgehead atoms. The second-order valence-corrected chi connectivity index (χ2v) is 15.9. The van der Waals surface area contributed by atoms with Crippen molar-refractivity contribution in [3.63, 3.8) is 0 Å². The molecular formula is C43H75O12P. The van der Waals surface area contributed by atoms with Gasteiger partial charge in [-0.25, -0.2) is 4.57 Å². The van der Waals surface area contributed by atoms with Crippen LogP contribution in [0.3, 0.4) is 0 Å². The van der Waals surface area contributed by atoms with Crippen LogP contribution in [0, 0.1) is 0 Å². The van der Waals surface area contributed by atoms with Gasteiger partial charge in [-0.1, -0.05) is 152 Å². The van der Waals surface area contributed by atoms with Gasteiger partial charge in [0.1, 0.15) is 42.7 Å². The maximum atomic E-state index is 12.8. The summed E-state index contributed by atoms with van der Waals surface area (Å²) >= 11 is 0. The Kier molecular flexibility index (Phi) is 31.6. The van der Waals surface area contributed by atoms with Crippen molar-refractivity contribution < 1.29 is 58.3 Å². The Morgan fingerprint density at radius 3 is 1.50 bits per heavy atom. The summed E-state index contributed by atoms with van der Waals surface area (Å²) < 4.78 is 33.9. The summed E-state index contributed by atoms with van der Waals surface area (Å²) in [4.78, 5) is 23.1. The lowest BCUT2D eigenvalue weighted by Gasteiger charge is -2.41. The van der Waals surface area contributed by atoms with E-state index in [2.05, 4.69) is 62.5 Å². The average Bonchev–Trinajstić information content (AvgIpc) is 3.18. The van der Waals surface area contributed by atoms with Crippen molar-refractivity contribution >= 4 is 13.8 Å². The zero-order valence-corrected chi connectivity index (χ0v) is 35.1. The number of phosphoric acid groups is 1. The minimum absolute atomic E-state index is 0.132. The first kappa shape index (κ1) is 52.1. The smallest absolute Gasteiger partial charge is 0.457 e. The number of allylic oxidation sites excluding steroid dienone is 9. The quantitative estimate of drug-likeness (QED) is 0.0160. The Morgan fingerprint density at radius 2 is 1.02 bits per heavy atom. The van der Waals surface area contributed by atoms with Crippen LogP contribution in [-0.2, 0) is 27.9 Å². The summed E-state index contributed by atoms with van der Waals surface area (Å²) in [5.74, 6) is -0.504. The summed E-state index contributed by atoms with van der Waals surface area (Å²) in [7, 11) is -5.03. The maximum Gasteiger partial charge on any atom is 0.472 e. The predicted molar refractivity (Wildman–Crippen MR) is 221 cm³/mol. The maximum absolute atomic E-state index is 12.8. The number of carbonyl (C=O) groups is 1. The summed E-state index contributed by atoms with van der Waals surface area (Å²) in [5, 5.41) is 50.0. The van der Waals surface area contributed by atoms with Crippen molar-refractivity contribution in [1.82, 2.24) is 0 Å². The summed E-state index contributed by atoms with van der Waals surface area (Å²) in [6, 6.07) is 0. The van der Waals surface area contributed by atoms with Crippen LogP contribution in [0.1, 0.15) is 142 Å². The Morgan fingerprint density at radius 1 is 0.589 bits per heavy atom. The van der Waals surface area contributed by atoms with E-state index in [9.17, 15) is 39.8 Å². The molecule has 324 valence electrons. The topological polar surface area (TPSA) is 192 Å². The number of hydrogen-bond donors (Lipinski definition) is 6. The molecular weight excluding hydrogens is 739 g/mol. The molecule has 0 spiro atoms. The molecule has 1 fully saturated rings. The number of ether oxygens (including phenoxy) is 2. The third-order valence-electron chi connectivity index (χ3n) is 9.42. The zero-order chi connectivity index (χ0) is 41.3. The third kappa shape index (κ3) is 26.1. The van der Waals surface area contributed by atoms with Crippen LogP contribution in [0.25, 0.3) is 0 Å². The van der Waals surface area contributed by atoms with Gasteiger partial charge in [0.05, 0.1) is 19.8 Å². The molecule has 0 aromatic rings. The number of aliphatic hydroxyl groups excluding tert-OH is 5. The van der Waals surface area contributed by atoms with Crippen molar-refractivity contribution in [2.75, 3.05) is 19.8 Å². The van der Waals surface area contributed by atoms with E-state index in [-0.39, 0.29) is 13.0 Å². The molecule has 1 aliphatic carbocycles. The van der Waals surface area contributed by atoms with Crippen LogP contribution < -0.4 is 0 Å². The number of hydrogen-bond acceptors (Lipinski definition) is 11. The summed E-state index contributed by atoms with van der Waals surface area (Å²) in [5.41, 5.74) is 0. The average molecular weight is 815 g/mol. The fourth-order valence-corrected chi connectivity index (χ4v) is 7.04. The number of aliphatic hydroxyl groups is 5. The number of unbranched alkanes of at least 4 members (excludes halogenated alkanes) is 12. The molecule has 13 heteroatoms. The predicted octanol–water partition coefficient (Wildman–Crippen LogP) is 7.86. The van der Waals surface area contributed by atoms with Crippen LogP contribution in [0.4, 0.5) is 0 Å². The fraction of sp³-hybridized carbons (Fsp3) is 0.744. The van der Waals surface area contributed by atoms with Crippen molar-refractivity contribution in [3.8, 4) is 0 Å². The molecule has 6 unspecified atom stereocenters. The normalized spacial score (nSPS) is 23.6. The van der Waals surface area contributed by atoms with Crippen molar-refractivity contribution in [2.45, 2.75) is 185 Å². The molecule has 0 saturated heterocycles. The van der Waals surface area contributed by atoms with Gasteiger partial charge in [0.2, 0.25) is 0 Å². The van der Waals surface area contributed by atoms with E-state index in [0.717, 1.165) is 51.4 Å². The Hall–Kier alpha value is -1.96. The van der Waals surface area contributed by atoms with Gasteiger partial charge in [0, 0.05) is 6.42 Å². The molecule has 0 heterocycles. The van der Waals surface area contributed by atoms with Crippen LogP contribution >= 0.6 is 7.82 Å². The second-order valence-electron chi connectivity index (χ2n) is 14.5. The van der Waals surface area contributed by atoms with Crippen LogP contribution in [0.15, 0.2) is 60.8 Å². The van der Waals surface area contributed by atoms with Crippen LogP contribution in [0.2, 0.25) is 0 Å².